The average molecular weight is 577 g/mol. The maximum Gasteiger partial charge on any atom is 0.187 e. The van der Waals surface area contributed by atoms with Crippen molar-refractivity contribution in [3.05, 3.63) is 35.7 Å². The minimum atomic E-state index is -1.63. The van der Waals surface area contributed by atoms with Gasteiger partial charge in [-0.05, 0) is 40.2 Å². The first-order valence-corrected chi connectivity index (χ1v) is 13.3. The average Bonchev–Trinajstić information content (AvgIpc) is 2.90. The van der Waals surface area contributed by atoms with Crippen LogP contribution in [0.2, 0.25) is 0 Å². The van der Waals surface area contributed by atoms with Crippen LogP contribution in [0.3, 0.4) is 0 Å². The van der Waals surface area contributed by atoms with E-state index >= 15 is 0 Å². The van der Waals surface area contributed by atoms with Crippen molar-refractivity contribution in [1.29, 1.82) is 0 Å². The summed E-state index contributed by atoms with van der Waals surface area (Å²) >= 11 is 0. The molecule has 9 atom stereocenters. The first kappa shape index (κ1) is 33.1. The lowest BCUT2D eigenvalue weighted by Gasteiger charge is -2.47. The molecule has 3 unspecified atom stereocenters. The van der Waals surface area contributed by atoms with Crippen LogP contribution in [0, 0.1) is 13.0 Å². The minimum Gasteiger partial charge on any atom is -0.394 e. The summed E-state index contributed by atoms with van der Waals surface area (Å²) in [4.78, 5) is 8.44. The van der Waals surface area contributed by atoms with Gasteiger partial charge in [0.05, 0.1) is 32.0 Å². The van der Waals surface area contributed by atoms with Crippen LogP contribution in [-0.2, 0) is 35.1 Å². The van der Waals surface area contributed by atoms with Crippen LogP contribution in [0.5, 0.6) is 0 Å². The van der Waals surface area contributed by atoms with E-state index in [1.807, 2.05) is 25.4 Å². The van der Waals surface area contributed by atoms with Gasteiger partial charge in [-0.2, -0.15) is 0 Å². The Morgan fingerprint density at radius 3 is 2.38 bits per heavy atom. The summed E-state index contributed by atoms with van der Waals surface area (Å²) in [6, 6.07) is 1.99. The molecule has 2 fully saturated rings. The molecule has 2 saturated heterocycles. The molecule has 1 radical (unpaired) electrons. The van der Waals surface area contributed by atoms with Crippen molar-refractivity contribution in [3.8, 4) is 0 Å². The standard InChI is InChI=1S/C26H43N2O12/c1-14-8-15(10-27-9-14)13-36-28-6-5-7-35-24-20(33)18(31)22(16(11-29)37-24)39-25-21(34)19(32)23(17(12-30)38-25)40-26(2,3)4/h8-10,17-25,28-34H,5-7,11-13H2,1-4H3/p+1/t17?,18-,19-,20?,21?,22+,23+,24-,25+/m0/s1. The third-order valence-corrected chi connectivity index (χ3v) is 6.31. The Balaban J connectivity index is 1.47. The molecule has 14 heteroatoms. The van der Waals surface area contributed by atoms with Crippen LogP contribution in [0.1, 0.15) is 38.3 Å². The molecule has 8 N–H and O–H groups in total. The second kappa shape index (κ2) is 15.2. The molecule has 2 aliphatic heterocycles. The number of aliphatic hydroxyl groups excluding tert-OH is 6. The smallest absolute Gasteiger partial charge is 0.187 e. The van der Waals surface area contributed by atoms with E-state index in [1.54, 1.807) is 20.8 Å². The quantitative estimate of drug-likeness (QED) is 0.0990. The molecule has 0 spiro atoms. The number of aryl methyl sites for hydroxylation is 1. The molecule has 0 bridgehead atoms. The highest BCUT2D eigenvalue weighted by Gasteiger charge is 2.52. The lowest BCUT2D eigenvalue weighted by Crippen LogP contribution is -2.64. The molecule has 2 aliphatic rings. The van der Waals surface area contributed by atoms with Gasteiger partial charge in [0.25, 0.3) is 0 Å². The number of aromatic nitrogens is 1. The van der Waals surface area contributed by atoms with Crippen LogP contribution >= 0.6 is 0 Å². The van der Waals surface area contributed by atoms with Crippen LogP contribution in [0.15, 0.2) is 18.5 Å². The van der Waals surface area contributed by atoms with Gasteiger partial charge in [-0.3, -0.25) is 4.84 Å². The molecule has 3 heterocycles. The number of hydroxylamine groups is 1. The highest BCUT2D eigenvalue weighted by Crippen LogP contribution is 2.33. The van der Waals surface area contributed by atoms with Crippen molar-refractivity contribution in [3.63, 3.8) is 0 Å². The summed E-state index contributed by atoms with van der Waals surface area (Å²) in [6.07, 6.45) is -8.67. The molecular formula is C26H44N2O12+. The van der Waals surface area contributed by atoms with Crippen LogP contribution in [-0.4, -0.2) is 118 Å². The Hall–Kier alpha value is -1.37. The predicted octanol–water partition coefficient (Wildman–Crippen LogP) is -2.15. The topological polar surface area (TPSA) is 203 Å². The van der Waals surface area contributed by atoms with Gasteiger partial charge in [0, 0.05) is 17.7 Å². The van der Waals surface area contributed by atoms with Gasteiger partial charge in [0.1, 0.15) is 42.7 Å². The maximum atomic E-state index is 10.7. The zero-order chi connectivity index (χ0) is 29.4. The number of nitrogens with one attached hydrogen (secondary N) is 2. The third-order valence-electron chi connectivity index (χ3n) is 6.31. The van der Waals surface area contributed by atoms with Gasteiger partial charge in [-0.25, -0.2) is 10.5 Å². The van der Waals surface area contributed by atoms with E-state index in [0.717, 1.165) is 11.1 Å². The highest BCUT2D eigenvalue weighted by atomic mass is 16.7. The second-order valence-corrected chi connectivity index (χ2v) is 10.9. The summed E-state index contributed by atoms with van der Waals surface area (Å²) in [6.45, 7) is 6.92. The van der Waals surface area contributed by atoms with Gasteiger partial charge >= 0.3 is 0 Å². The van der Waals surface area contributed by atoms with Gasteiger partial charge in [-0.1, -0.05) is 0 Å². The summed E-state index contributed by atoms with van der Waals surface area (Å²) < 4.78 is 28.1. The number of hydrogen-bond acceptors (Lipinski definition) is 13. The number of hydrogen-bond donors (Lipinski definition) is 7. The molecule has 1 aromatic rings. The van der Waals surface area contributed by atoms with E-state index in [4.69, 9.17) is 28.5 Å². The number of aromatic amines is 1. The number of pyridine rings is 1. The van der Waals surface area contributed by atoms with E-state index in [-0.39, 0.29) is 12.7 Å². The van der Waals surface area contributed by atoms with Gasteiger partial charge in [-0.15, -0.1) is 0 Å². The van der Waals surface area contributed by atoms with Crippen LogP contribution in [0.4, 0.5) is 0 Å². The number of aliphatic hydroxyl groups is 6. The number of ether oxygens (including phenoxy) is 5. The summed E-state index contributed by atoms with van der Waals surface area (Å²) in [7, 11) is 0. The Kier molecular flexibility index (Phi) is 12.6. The third kappa shape index (κ3) is 9.06. The molecule has 40 heavy (non-hydrogen) atoms. The maximum absolute atomic E-state index is 10.7. The van der Waals surface area contributed by atoms with Crippen molar-refractivity contribution >= 4 is 0 Å². The van der Waals surface area contributed by atoms with Crippen molar-refractivity contribution in [2.75, 3.05) is 26.4 Å². The first-order chi connectivity index (χ1) is 18.9. The number of H-pyrrole nitrogens is 1. The van der Waals surface area contributed by atoms with E-state index in [0.29, 0.717) is 19.6 Å². The minimum absolute atomic E-state index is 0.136. The van der Waals surface area contributed by atoms with Crippen LogP contribution in [0.25, 0.3) is 0 Å². The summed E-state index contributed by atoms with van der Waals surface area (Å²) in [5.74, 6) is 0. The zero-order valence-corrected chi connectivity index (χ0v) is 23.3. The lowest BCUT2D eigenvalue weighted by atomic mass is 9.96. The van der Waals surface area contributed by atoms with E-state index in [9.17, 15) is 30.6 Å². The van der Waals surface area contributed by atoms with E-state index < -0.39 is 74.1 Å². The monoisotopic (exact) mass is 576 g/mol. The molecule has 1 aromatic heterocycles. The van der Waals surface area contributed by atoms with Gasteiger partial charge in [0.2, 0.25) is 0 Å². The summed E-state index contributed by atoms with van der Waals surface area (Å²) in [5, 5.41) is 62.2. The second-order valence-electron chi connectivity index (χ2n) is 10.9. The predicted molar refractivity (Wildman–Crippen MR) is 136 cm³/mol. The highest BCUT2D eigenvalue weighted by molar-refractivity contribution is 5.12. The molecule has 0 aliphatic carbocycles. The molecular weight excluding hydrogens is 532 g/mol. The Bertz CT molecular complexity index is 885. The lowest BCUT2D eigenvalue weighted by molar-refractivity contribution is -0.379. The molecule has 229 valence electrons. The molecule has 3 rings (SSSR count). The van der Waals surface area contributed by atoms with Gasteiger partial charge in [0.15, 0.2) is 31.1 Å². The van der Waals surface area contributed by atoms with Crippen molar-refractivity contribution in [2.24, 2.45) is 0 Å². The SMILES string of the molecule is Cc1c[nH+]cc(CONCCCO[C@H]2O[C](CO)[C@@H](O[C@H]3OC(CO)[C@@H](OC(C)(C)C)[C@@H](O)C3O)[C@@H](O)C2O)c1. The van der Waals surface area contributed by atoms with E-state index in [2.05, 4.69) is 10.5 Å². The fourth-order valence-electron chi connectivity index (χ4n) is 4.39. The largest absolute Gasteiger partial charge is 0.394 e. The molecule has 0 saturated carbocycles. The molecule has 14 nitrogen and oxygen atoms in total. The fraction of sp³-hybridized carbons (Fsp3) is 0.769. The molecule has 0 amide bonds. The fourth-order valence-corrected chi connectivity index (χ4v) is 4.39. The molecule has 0 aromatic carbocycles. The zero-order valence-electron chi connectivity index (χ0n) is 23.3. The van der Waals surface area contributed by atoms with Crippen molar-refractivity contribution in [2.45, 2.75) is 102 Å². The first-order valence-electron chi connectivity index (χ1n) is 13.3. The summed E-state index contributed by atoms with van der Waals surface area (Å²) in [5.41, 5.74) is 4.18. The normalized spacial score (nSPS) is 33.8. The Morgan fingerprint density at radius 2 is 1.73 bits per heavy atom. The van der Waals surface area contributed by atoms with Gasteiger partial charge < -0.3 is 54.3 Å². The van der Waals surface area contributed by atoms with Crippen LogP contribution < -0.4 is 10.5 Å². The Labute approximate surface area is 233 Å². The Morgan fingerprint density at radius 1 is 1.00 bits per heavy atom. The van der Waals surface area contributed by atoms with E-state index in [1.165, 1.54) is 0 Å². The van der Waals surface area contributed by atoms with Crippen molar-refractivity contribution in [1.82, 2.24) is 5.48 Å². The van der Waals surface area contributed by atoms with Crippen molar-refractivity contribution < 1.29 is 64.1 Å². The number of rotatable bonds is 13.